The lowest BCUT2D eigenvalue weighted by molar-refractivity contribution is -0.134. The summed E-state index contributed by atoms with van der Waals surface area (Å²) in [7, 11) is 0. The number of aromatic nitrogens is 1. The molecule has 27 heavy (non-hydrogen) atoms. The van der Waals surface area contributed by atoms with Gasteiger partial charge >= 0.3 is 5.97 Å². The molecule has 0 amide bonds. The monoisotopic (exact) mass is 400 g/mol. The summed E-state index contributed by atoms with van der Waals surface area (Å²) in [6.45, 7) is 1.75. The molecule has 1 N–H and O–H groups in total. The molecule has 3 rings (SSSR count). The van der Waals surface area contributed by atoms with E-state index in [1.54, 1.807) is 25.3 Å². The number of ether oxygens (including phenoxy) is 1. The van der Waals surface area contributed by atoms with E-state index in [1.807, 2.05) is 48.5 Å². The Morgan fingerprint density at radius 1 is 1.04 bits per heavy atom. The van der Waals surface area contributed by atoms with E-state index in [-0.39, 0.29) is 12.4 Å². The van der Waals surface area contributed by atoms with Crippen molar-refractivity contribution in [3.63, 3.8) is 0 Å². The molecule has 0 saturated heterocycles. The van der Waals surface area contributed by atoms with Crippen LogP contribution in [0, 0.1) is 0 Å². The van der Waals surface area contributed by atoms with Gasteiger partial charge in [-0.05, 0) is 29.8 Å². The summed E-state index contributed by atoms with van der Waals surface area (Å²) >= 11 is 12.7. The highest BCUT2D eigenvalue weighted by atomic mass is 35.5. The van der Waals surface area contributed by atoms with Crippen molar-refractivity contribution in [1.29, 1.82) is 0 Å². The van der Waals surface area contributed by atoms with Crippen molar-refractivity contribution in [3.05, 3.63) is 88.0 Å². The molecule has 2 aromatic carbocycles. The van der Waals surface area contributed by atoms with Crippen molar-refractivity contribution >= 4 is 35.0 Å². The summed E-state index contributed by atoms with van der Waals surface area (Å²) < 4.78 is 5.53. The van der Waals surface area contributed by atoms with Crippen molar-refractivity contribution in [1.82, 2.24) is 4.98 Å². The highest BCUT2D eigenvalue weighted by Crippen LogP contribution is 2.38. The van der Waals surface area contributed by atoms with Crippen LogP contribution in [0.15, 0.2) is 66.9 Å². The number of carbonyl (C=O) groups excluding carboxylic acids is 1. The average Bonchev–Trinajstić information content (AvgIpc) is 2.70. The number of nitrogens with zero attached hydrogens (tertiary/aromatic N) is 1. The Labute approximate surface area is 168 Å². The summed E-state index contributed by atoms with van der Waals surface area (Å²) in [6.07, 6.45) is 1.98. The molecule has 0 bridgehead atoms. The zero-order valence-electron chi connectivity index (χ0n) is 14.7. The molecular formula is C21H18Cl2N2O2. The predicted octanol–water partition coefficient (Wildman–Crippen LogP) is 5.91. The van der Waals surface area contributed by atoms with E-state index in [9.17, 15) is 4.79 Å². The molecule has 6 heteroatoms. The van der Waals surface area contributed by atoms with Gasteiger partial charge in [-0.3, -0.25) is 4.79 Å². The Kier molecular flexibility index (Phi) is 6.32. The van der Waals surface area contributed by atoms with Crippen LogP contribution in [0.2, 0.25) is 10.0 Å². The number of rotatable bonds is 6. The number of carbonyl (C=O) groups is 1. The van der Waals surface area contributed by atoms with E-state index in [0.29, 0.717) is 21.6 Å². The van der Waals surface area contributed by atoms with Gasteiger partial charge in [-0.25, -0.2) is 4.98 Å². The molecule has 0 aliphatic rings. The Morgan fingerprint density at radius 3 is 2.52 bits per heavy atom. The SMILES string of the molecule is CCC(=O)Oc1ccccc1C(Nc1ccccn1)c1cccc(Cl)c1Cl. The highest BCUT2D eigenvalue weighted by Gasteiger charge is 2.23. The number of anilines is 1. The summed E-state index contributed by atoms with van der Waals surface area (Å²) in [5, 5.41) is 4.25. The van der Waals surface area contributed by atoms with Crippen LogP contribution >= 0.6 is 23.2 Å². The first kappa shape index (κ1) is 19.2. The van der Waals surface area contributed by atoms with Gasteiger partial charge in [0.25, 0.3) is 0 Å². The lowest BCUT2D eigenvalue weighted by atomic mass is 9.97. The van der Waals surface area contributed by atoms with Crippen LogP contribution in [0.1, 0.15) is 30.5 Å². The average molecular weight is 401 g/mol. The third kappa shape index (κ3) is 4.59. The molecule has 0 saturated carbocycles. The van der Waals surface area contributed by atoms with E-state index in [0.717, 1.165) is 11.1 Å². The van der Waals surface area contributed by atoms with Gasteiger partial charge in [-0.1, -0.05) is 66.5 Å². The van der Waals surface area contributed by atoms with Gasteiger partial charge in [0.2, 0.25) is 0 Å². The van der Waals surface area contributed by atoms with E-state index in [2.05, 4.69) is 10.3 Å². The highest BCUT2D eigenvalue weighted by molar-refractivity contribution is 6.42. The Bertz CT molecular complexity index is 932. The van der Waals surface area contributed by atoms with E-state index < -0.39 is 6.04 Å². The molecule has 0 spiro atoms. The number of hydrogen-bond acceptors (Lipinski definition) is 4. The van der Waals surface area contributed by atoms with Crippen LogP contribution in [-0.2, 0) is 4.79 Å². The first-order valence-electron chi connectivity index (χ1n) is 8.51. The zero-order valence-corrected chi connectivity index (χ0v) is 16.2. The summed E-state index contributed by atoms with van der Waals surface area (Å²) in [4.78, 5) is 16.2. The van der Waals surface area contributed by atoms with Crippen LogP contribution in [0.25, 0.3) is 0 Å². The predicted molar refractivity (Wildman–Crippen MR) is 109 cm³/mol. The van der Waals surface area contributed by atoms with Gasteiger partial charge in [0.15, 0.2) is 0 Å². The van der Waals surface area contributed by atoms with Gasteiger partial charge in [0.05, 0.1) is 16.1 Å². The fraction of sp³-hybridized carbons (Fsp3) is 0.143. The second-order valence-corrected chi connectivity index (χ2v) is 6.59. The molecule has 1 atom stereocenters. The summed E-state index contributed by atoms with van der Waals surface area (Å²) in [6, 6.07) is 17.9. The third-order valence-electron chi connectivity index (χ3n) is 3.99. The maximum atomic E-state index is 11.9. The lowest BCUT2D eigenvalue weighted by Gasteiger charge is -2.23. The number of halogens is 2. The number of pyridine rings is 1. The lowest BCUT2D eigenvalue weighted by Crippen LogP contribution is -2.16. The minimum Gasteiger partial charge on any atom is -0.426 e. The largest absolute Gasteiger partial charge is 0.426 e. The number of esters is 1. The number of para-hydroxylation sites is 1. The normalized spacial score (nSPS) is 11.7. The molecule has 1 unspecified atom stereocenters. The Hall–Kier alpha value is -2.56. The molecule has 4 nitrogen and oxygen atoms in total. The Balaban J connectivity index is 2.10. The maximum absolute atomic E-state index is 11.9. The fourth-order valence-electron chi connectivity index (χ4n) is 2.67. The van der Waals surface area contributed by atoms with Crippen LogP contribution in [0.4, 0.5) is 5.82 Å². The van der Waals surface area contributed by atoms with E-state index >= 15 is 0 Å². The summed E-state index contributed by atoms with van der Waals surface area (Å²) in [5.74, 6) is 0.820. The quantitative estimate of drug-likeness (QED) is 0.412. The first-order valence-corrected chi connectivity index (χ1v) is 9.26. The van der Waals surface area contributed by atoms with Crippen molar-refractivity contribution in [2.45, 2.75) is 19.4 Å². The van der Waals surface area contributed by atoms with E-state index in [4.69, 9.17) is 27.9 Å². The second kappa shape index (κ2) is 8.89. The smallest absolute Gasteiger partial charge is 0.310 e. The topological polar surface area (TPSA) is 51.2 Å². The minimum atomic E-state index is -0.410. The second-order valence-electron chi connectivity index (χ2n) is 5.80. The Morgan fingerprint density at radius 2 is 1.78 bits per heavy atom. The van der Waals surface area contributed by atoms with Gasteiger partial charge < -0.3 is 10.1 Å². The van der Waals surface area contributed by atoms with Crippen molar-refractivity contribution < 1.29 is 9.53 Å². The molecule has 1 heterocycles. The number of benzene rings is 2. The molecular weight excluding hydrogens is 383 g/mol. The molecule has 0 radical (unpaired) electrons. The number of hydrogen-bond donors (Lipinski definition) is 1. The molecule has 138 valence electrons. The van der Waals surface area contributed by atoms with Crippen molar-refractivity contribution in [2.75, 3.05) is 5.32 Å². The molecule has 0 aliphatic heterocycles. The first-order chi connectivity index (χ1) is 13.1. The van der Waals surface area contributed by atoms with Gasteiger partial charge in [-0.2, -0.15) is 0 Å². The fourth-order valence-corrected chi connectivity index (χ4v) is 3.09. The molecule has 0 fully saturated rings. The van der Waals surface area contributed by atoms with E-state index in [1.165, 1.54) is 0 Å². The van der Waals surface area contributed by atoms with Crippen LogP contribution in [-0.4, -0.2) is 11.0 Å². The molecule has 0 aliphatic carbocycles. The summed E-state index contributed by atoms with van der Waals surface area (Å²) in [5.41, 5.74) is 1.52. The van der Waals surface area contributed by atoms with Crippen LogP contribution in [0.3, 0.4) is 0 Å². The van der Waals surface area contributed by atoms with Gasteiger partial charge in [-0.15, -0.1) is 0 Å². The van der Waals surface area contributed by atoms with Gasteiger partial charge in [0.1, 0.15) is 11.6 Å². The third-order valence-corrected chi connectivity index (χ3v) is 4.83. The molecule has 3 aromatic rings. The van der Waals surface area contributed by atoms with Crippen LogP contribution < -0.4 is 10.1 Å². The molecule has 1 aromatic heterocycles. The minimum absolute atomic E-state index is 0.282. The van der Waals surface area contributed by atoms with Gasteiger partial charge in [0, 0.05) is 18.2 Å². The standard InChI is InChI=1S/C21H18Cl2N2O2/c1-2-19(26)27-17-11-4-3-8-14(17)21(25-18-12-5-6-13-24-18)15-9-7-10-16(22)20(15)23/h3-13,21H,2H2,1H3,(H,24,25). The van der Waals surface area contributed by atoms with Crippen molar-refractivity contribution in [2.24, 2.45) is 0 Å². The number of nitrogens with one attached hydrogen (secondary N) is 1. The van der Waals surface area contributed by atoms with Crippen molar-refractivity contribution in [3.8, 4) is 5.75 Å². The maximum Gasteiger partial charge on any atom is 0.310 e. The zero-order chi connectivity index (χ0) is 19.2. The van der Waals surface area contributed by atoms with Crippen LogP contribution in [0.5, 0.6) is 5.75 Å².